The van der Waals surface area contributed by atoms with Gasteiger partial charge in [-0.05, 0) is 24.3 Å². The monoisotopic (exact) mass is 248 g/mol. The zero-order valence-electron chi connectivity index (χ0n) is 9.60. The summed E-state index contributed by atoms with van der Waals surface area (Å²) < 4.78 is 27.6. The van der Waals surface area contributed by atoms with Crippen molar-refractivity contribution < 1.29 is 13.6 Å². The Balaban J connectivity index is 2.19. The third kappa shape index (κ3) is 2.68. The lowest BCUT2D eigenvalue weighted by Crippen LogP contribution is -1.99. The highest BCUT2D eigenvalue weighted by Crippen LogP contribution is 2.11. The fourth-order valence-electron chi connectivity index (χ4n) is 1.48. The molecule has 2 rings (SSSR count). The van der Waals surface area contributed by atoms with Crippen molar-refractivity contribution in [2.45, 2.75) is 0 Å². The fraction of sp³-hybridized carbons (Fsp3) is 0.0769. The van der Waals surface area contributed by atoms with Crippen LogP contribution < -0.4 is 0 Å². The van der Waals surface area contributed by atoms with Crippen LogP contribution >= 0.6 is 0 Å². The van der Waals surface area contributed by atoms with Crippen LogP contribution in [0.1, 0.15) is 15.9 Å². The van der Waals surface area contributed by atoms with Gasteiger partial charge >= 0.3 is 0 Å². The molecule has 18 heavy (non-hydrogen) atoms. The highest BCUT2D eigenvalue weighted by atomic mass is 19.1. The molecule has 2 aromatic rings. The van der Waals surface area contributed by atoms with Gasteiger partial charge in [-0.15, -0.1) is 0 Å². The molecule has 0 spiro atoms. The first-order valence-electron chi connectivity index (χ1n) is 5.22. The van der Waals surface area contributed by atoms with Crippen LogP contribution in [0.3, 0.4) is 0 Å². The van der Waals surface area contributed by atoms with E-state index in [2.05, 4.69) is 5.10 Å². The zero-order chi connectivity index (χ0) is 13.1. The molecule has 0 amide bonds. The molecule has 0 bridgehead atoms. The van der Waals surface area contributed by atoms with Crippen LogP contribution in [0, 0.1) is 11.6 Å². The van der Waals surface area contributed by atoms with E-state index in [9.17, 15) is 13.6 Å². The van der Waals surface area contributed by atoms with Gasteiger partial charge in [-0.2, -0.15) is 5.10 Å². The number of ketones is 1. The van der Waals surface area contributed by atoms with Crippen LogP contribution in [-0.4, -0.2) is 15.6 Å². The van der Waals surface area contributed by atoms with Crippen molar-refractivity contribution in [3.8, 4) is 0 Å². The maximum Gasteiger partial charge on any atom is 0.188 e. The zero-order valence-corrected chi connectivity index (χ0v) is 9.60. The minimum absolute atomic E-state index is 0.156. The molecule has 0 unspecified atom stereocenters. The summed E-state index contributed by atoms with van der Waals surface area (Å²) in [4.78, 5) is 11.7. The van der Waals surface area contributed by atoms with E-state index in [1.807, 2.05) is 0 Å². The van der Waals surface area contributed by atoms with Crippen LogP contribution in [0.4, 0.5) is 8.78 Å². The molecular formula is C13H10F2N2O. The molecule has 0 aliphatic rings. The third-order valence-corrected chi connectivity index (χ3v) is 2.35. The molecule has 1 heterocycles. The highest BCUT2D eigenvalue weighted by molar-refractivity contribution is 6.06. The number of carbonyl (C=O) groups is 1. The van der Waals surface area contributed by atoms with Gasteiger partial charge in [0.25, 0.3) is 0 Å². The Kier molecular flexibility index (Phi) is 3.32. The predicted octanol–water partition coefficient (Wildman–Crippen LogP) is 2.59. The number of aromatic nitrogens is 2. The van der Waals surface area contributed by atoms with Crippen molar-refractivity contribution >= 4 is 11.9 Å². The van der Waals surface area contributed by atoms with Gasteiger partial charge in [0.1, 0.15) is 11.6 Å². The quantitative estimate of drug-likeness (QED) is 0.618. The average Bonchev–Trinajstić information content (AvgIpc) is 2.72. The summed E-state index contributed by atoms with van der Waals surface area (Å²) in [5.41, 5.74) is 0.574. The van der Waals surface area contributed by atoms with Crippen LogP contribution in [0.5, 0.6) is 0 Å². The van der Waals surface area contributed by atoms with Gasteiger partial charge in [-0.25, -0.2) is 8.78 Å². The maximum atomic E-state index is 13.3. The van der Waals surface area contributed by atoms with E-state index >= 15 is 0 Å². The number of allylic oxidation sites excluding steroid dienone is 1. The molecular weight excluding hydrogens is 238 g/mol. The summed E-state index contributed by atoms with van der Waals surface area (Å²) in [6.07, 6.45) is 6.04. The van der Waals surface area contributed by atoms with Gasteiger partial charge in [-0.1, -0.05) is 0 Å². The minimum atomic E-state index is -0.865. The van der Waals surface area contributed by atoms with Crippen LogP contribution in [-0.2, 0) is 7.05 Å². The van der Waals surface area contributed by atoms with E-state index in [-0.39, 0.29) is 5.56 Å². The first kappa shape index (κ1) is 12.2. The lowest BCUT2D eigenvalue weighted by molar-refractivity contribution is 0.104. The normalized spacial score (nSPS) is 11.1. The Morgan fingerprint density at radius 3 is 2.78 bits per heavy atom. The molecule has 0 aliphatic heterocycles. The SMILES string of the molecule is Cn1cc(C=CC(=O)c2ccc(F)cc2F)cn1. The second kappa shape index (κ2) is 4.91. The summed E-state index contributed by atoms with van der Waals surface area (Å²) in [7, 11) is 1.75. The minimum Gasteiger partial charge on any atom is -0.289 e. The molecule has 3 nitrogen and oxygen atoms in total. The number of aryl methyl sites for hydroxylation is 1. The molecule has 0 fully saturated rings. The van der Waals surface area contributed by atoms with Gasteiger partial charge in [0.05, 0.1) is 11.8 Å². The second-order valence-corrected chi connectivity index (χ2v) is 3.77. The van der Waals surface area contributed by atoms with Crippen LogP contribution in [0.25, 0.3) is 6.08 Å². The van der Waals surface area contributed by atoms with E-state index in [4.69, 9.17) is 0 Å². The topological polar surface area (TPSA) is 34.9 Å². The standard InChI is InChI=1S/C13H10F2N2O/c1-17-8-9(7-16-17)2-5-13(18)11-4-3-10(14)6-12(11)15/h2-8H,1H3. The molecule has 92 valence electrons. The first-order valence-corrected chi connectivity index (χ1v) is 5.22. The molecule has 0 aliphatic carbocycles. The Morgan fingerprint density at radius 1 is 1.39 bits per heavy atom. The van der Waals surface area contributed by atoms with Crippen molar-refractivity contribution in [1.29, 1.82) is 0 Å². The van der Waals surface area contributed by atoms with E-state index < -0.39 is 17.4 Å². The Labute approximate surface area is 102 Å². The van der Waals surface area contributed by atoms with E-state index in [0.29, 0.717) is 6.07 Å². The largest absolute Gasteiger partial charge is 0.289 e. The summed E-state index contributed by atoms with van der Waals surface area (Å²) in [6, 6.07) is 2.86. The maximum absolute atomic E-state index is 13.3. The number of benzene rings is 1. The molecule has 0 radical (unpaired) electrons. The summed E-state index contributed by atoms with van der Waals surface area (Å²) in [5.74, 6) is -2.09. The Morgan fingerprint density at radius 2 is 2.17 bits per heavy atom. The summed E-state index contributed by atoms with van der Waals surface area (Å²) in [6.45, 7) is 0. The molecule has 0 saturated carbocycles. The molecule has 1 aromatic carbocycles. The van der Waals surface area contributed by atoms with Crippen molar-refractivity contribution in [3.05, 3.63) is 59.4 Å². The average molecular weight is 248 g/mol. The molecule has 1 aromatic heterocycles. The van der Waals surface area contributed by atoms with E-state index in [1.54, 1.807) is 24.1 Å². The fourth-order valence-corrected chi connectivity index (χ4v) is 1.48. The molecule has 0 atom stereocenters. The lowest BCUT2D eigenvalue weighted by atomic mass is 10.1. The number of rotatable bonds is 3. The number of halogens is 2. The van der Waals surface area contributed by atoms with Crippen LogP contribution in [0.15, 0.2) is 36.7 Å². The number of hydrogen-bond acceptors (Lipinski definition) is 2. The third-order valence-electron chi connectivity index (χ3n) is 2.35. The van der Waals surface area contributed by atoms with Gasteiger partial charge in [-0.3, -0.25) is 9.48 Å². The van der Waals surface area contributed by atoms with E-state index in [1.165, 1.54) is 12.2 Å². The van der Waals surface area contributed by atoms with Gasteiger partial charge in [0.2, 0.25) is 0 Å². The van der Waals surface area contributed by atoms with Crippen molar-refractivity contribution in [2.75, 3.05) is 0 Å². The number of nitrogens with zero attached hydrogens (tertiary/aromatic N) is 2. The molecule has 5 heteroatoms. The summed E-state index contributed by atoms with van der Waals surface area (Å²) >= 11 is 0. The van der Waals surface area contributed by atoms with Crippen molar-refractivity contribution in [2.24, 2.45) is 7.05 Å². The van der Waals surface area contributed by atoms with Gasteiger partial charge < -0.3 is 0 Å². The molecule has 0 N–H and O–H groups in total. The Hall–Kier alpha value is -2.30. The predicted molar refractivity (Wildman–Crippen MR) is 62.9 cm³/mol. The summed E-state index contributed by atoms with van der Waals surface area (Å²) in [5, 5.41) is 3.93. The molecule has 0 saturated heterocycles. The van der Waals surface area contributed by atoms with Crippen molar-refractivity contribution in [3.63, 3.8) is 0 Å². The smallest absolute Gasteiger partial charge is 0.188 e. The van der Waals surface area contributed by atoms with Gasteiger partial charge in [0.15, 0.2) is 5.78 Å². The first-order chi connectivity index (χ1) is 8.56. The van der Waals surface area contributed by atoms with Crippen molar-refractivity contribution in [1.82, 2.24) is 9.78 Å². The van der Waals surface area contributed by atoms with Gasteiger partial charge in [0, 0.05) is 24.9 Å². The second-order valence-electron chi connectivity index (χ2n) is 3.77. The number of hydrogen-bond donors (Lipinski definition) is 0. The van der Waals surface area contributed by atoms with Crippen LogP contribution in [0.2, 0.25) is 0 Å². The lowest BCUT2D eigenvalue weighted by Gasteiger charge is -1.97. The van der Waals surface area contributed by atoms with E-state index in [0.717, 1.165) is 17.7 Å². The Bertz CT molecular complexity index is 617. The highest BCUT2D eigenvalue weighted by Gasteiger charge is 2.09. The number of carbonyl (C=O) groups excluding carboxylic acids is 1.